The fourth-order valence-corrected chi connectivity index (χ4v) is 3.57. The Balaban J connectivity index is 1.54. The van der Waals surface area contributed by atoms with Crippen molar-refractivity contribution in [1.82, 2.24) is 4.98 Å². The summed E-state index contributed by atoms with van der Waals surface area (Å²) in [5, 5.41) is 4.65. The smallest absolute Gasteiger partial charge is 0.285 e. The van der Waals surface area contributed by atoms with E-state index in [1.807, 2.05) is 24.5 Å². The van der Waals surface area contributed by atoms with Crippen LogP contribution in [0.4, 0.5) is 0 Å². The molecule has 0 aliphatic carbocycles. The molecule has 0 unspecified atom stereocenters. The van der Waals surface area contributed by atoms with Gasteiger partial charge in [0, 0.05) is 10.9 Å². The molecular weight excluding hydrogens is 344 g/mol. The van der Waals surface area contributed by atoms with Crippen LogP contribution in [0, 0.1) is 0 Å². The molecule has 0 amide bonds. The minimum absolute atomic E-state index is 0.582. The quantitative estimate of drug-likeness (QED) is 0.310. The molecule has 1 aromatic heterocycles. The lowest BCUT2D eigenvalue weighted by molar-refractivity contribution is -0.689. The zero-order valence-corrected chi connectivity index (χ0v) is 15.3. The van der Waals surface area contributed by atoms with Crippen LogP contribution in [0.2, 0.25) is 0 Å². The van der Waals surface area contributed by atoms with Crippen molar-refractivity contribution in [2.75, 3.05) is 0 Å². The maximum absolute atomic E-state index is 6.25. The van der Waals surface area contributed by atoms with Crippen LogP contribution in [0.3, 0.4) is 0 Å². The third-order valence-electron chi connectivity index (χ3n) is 4.89. The highest BCUT2D eigenvalue weighted by Crippen LogP contribution is 2.35. The number of benzene rings is 4. The molecule has 5 rings (SSSR count). The summed E-state index contributed by atoms with van der Waals surface area (Å²) in [6, 6.07) is 29.2. The average Bonchev–Trinajstić information content (AvgIpc) is 2.75. The van der Waals surface area contributed by atoms with E-state index in [1.165, 1.54) is 16.3 Å². The summed E-state index contributed by atoms with van der Waals surface area (Å²) in [4.78, 5) is 4.42. The van der Waals surface area contributed by atoms with Gasteiger partial charge in [-0.05, 0) is 22.2 Å². The number of rotatable bonds is 4. The van der Waals surface area contributed by atoms with Gasteiger partial charge >= 0.3 is 0 Å². The van der Waals surface area contributed by atoms with Crippen molar-refractivity contribution in [2.24, 2.45) is 0 Å². The zero-order chi connectivity index (χ0) is 18.8. The summed E-state index contributed by atoms with van der Waals surface area (Å²) >= 11 is 0. The van der Waals surface area contributed by atoms with Crippen molar-refractivity contribution in [3.05, 3.63) is 109 Å². The van der Waals surface area contributed by atoms with Crippen molar-refractivity contribution in [3.8, 4) is 11.6 Å². The van der Waals surface area contributed by atoms with E-state index in [2.05, 4.69) is 82.3 Å². The summed E-state index contributed by atoms with van der Waals surface area (Å²) in [7, 11) is 0. The SMILES string of the molecule is c1ccc(C[n+]2ccnc(Oc3cc4ccccc4c4ccccc34)c2)cc1. The lowest BCUT2D eigenvalue weighted by Crippen LogP contribution is -2.33. The van der Waals surface area contributed by atoms with E-state index in [4.69, 9.17) is 4.74 Å². The first-order chi connectivity index (χ1) is 13.9. The van der Waals surface area contributed by atoms with E-state index in [9.17, 15) is 0 Å². The van der Waals surface area contributed by atoms with Gasteiger partial charge in [-0.3, -0.25) is 0 Å². The van der Waals surface area contributed by atoms with E-state index >= 15 is 0 Å². The third kappa shape index (κ3) is 3.19. The van der Waals surface area contributed by atoms with Crippen LogP contribution < -0.4 is 9.30 Å². The Bertz CT molecular complexity index is 1270. The second kappa shape index (κ2) is 7.12. The van der Waals surface area contributed by atoms with E-state index in [0.29, 0.717) is 5.88 Å². The van der Waals surface area contributed by atoms with Crippen molar-refractivity contribution in [3.63, 3.8) is 0 Å². The predicted molar refractivity (Wildman–Crippen MR) is 112 cm³/mol. The monoisotopic (exact) mass is 363 g/mol. The molecule has 0 radical (unpaired) electrons. The molecule has 134 valence electrons. The molecule has 0 atom stereocenters. The number of nitrogens with zero attached hydrogens (tertiary/aromatic N) is 2. The molecule has 4 aromatic carbocycles. The van der Waals surface area contributed by atoms with Gasteiger partial charge in [0.15, 0.2) is 12.7 Å². The van der Waals surface area contributed by atoms with Crippen molar-refractivity contribution in [1.29, 1.82) is 0 Å². The molecule has 0 aliphatic rings. The molecule has 28 heavy (non-hydrogen) atoms. The van der Waals surface area contributed by atoms with Gasteiger partial charge in [0.25, 0.3) is 5.88 Å². The van der Waals surface area contributed by atoms with Gasteiger partial charge in [-0.15, -0.1) is 0 Å². The summed E-state index contributed by atoms with van der Waals surface area (Å²) in [6.07, 6.45) is 5.68. The molecule has 0 N–H and O–H groups in total. The maximum Gasteiger partial charge on any atom is 0.285 e. The van der Waals surface area contributed by atoms with Crippen LogP contribution in [-0.4, -0.2) is 4.98 Å². The molecule has 3 nitrogen and oxygen atoms in total. The molecule has 0 saturated carbocycles. The first kappa shape index (κ1) is 16.5. The van der Waals surface area contributed by atoms with E-state index in [0.717, 1.165) is 23.1 Å². The predicted octanol–water partition coefficient (Wildman–Crippen LogP) is 5.52. The molecular formula is C25H19N2O+. The van der Waals surface area contributed by atoms with E-state index in [1.54, 1.807) is 6.20 Å². The van der Waals surface area contributed by atoms with Gasteiger partial charge in [-0.1, -0.05) is 78.9 Å². The Kier molecular flexibility index (Phi) is 4.19. The Hall–Kier alpha value is -3.72. The van der Waals surface area contributed by atoms with Gasteiger partial charge in [0.05, 0.1) is 6.20 Å². The summed E-state index contributed by atoms with van der Waals surface area (Å²) in [6.45, 7) is 0.776. The van der Waals surface area contributed by atoms with Crippen molar-refractivity contribution >= 4 is 21.5 Å². The fourth-order valence-electron chi connectivity index (χ4n) is 3.57. The number of hydrogen-bond donors (Lipinski definition) is 0. The highest BCUT2D eigenvalue weighted by Gasteiger charge is 2.11. The molecule has 5 aromatic rings. The highest BCUT2D eigenvalue weighted by molar-refractivity contribution is 6.10. The largest absolute Gasteiger partial charge is 0.434 e. The Morgan fingerprint density at radius 3 is 2.32 bits per heavy atom. The van der Waals surface area contributed by atoms with Gasteiger partial charge in [-0.2, -0.15) is 4.57 Å². The molecule has 0 bridgehead atoms. The Morgan fingerprint density at radius 2 is 1.46 bits per heavy atom. The topological polar surface area (TPSA) is 26.0 Å². The molecule has 0 fully saturated rings. The maximum atomic E-state index is 6.25. The molecule has 0 aliphatic heterocycles. The second-order valence-electron chi connectivity index (χ2n) is 6.80. The normalized spacial score (nSPS) is 11.0. The lowest BCUT2D eigenvalue weighted by Gasteiger charge is -2.10. The standard InChI is InChI=1S/C25H19N2O/c1-2-8-19(9-3-1)17-27-15-14-26-25(18-27)28-24-16-20-10-4-5-11-21(20)22-12-6-7-13-23(22)24/h1-16,18H,17H2/q+1. The van der Waals surface area contributed by atoms with Crippen LogP contribution >= 0.6 is 0 Å². The van der Waals surface area contributed by atoms with Crippen LogP contribution in [0.1, 0.15) is 5.56 Å². The van der Waals surface area contributed by atoms with Crippen LogP contribution in [0.15, 0.2) is 104 Å². The number of aromatic nitrogens is 2. The molecule has 1 heterocycles. The fraction of sp³-hybridized carbons (Fsp3) is 0.0400. The first-order valence-electron chi connectivity index (χ1n) is 9.34. The zero-order valence-electron chi connectivity index (χ0n) is 15.3. The minimum Gasteiger partial charge on any atom is -0.434 e. The number of hydrogen-bond acceptors (Lipinski definition) is 2. The molecule has 0 saturated heterocycles. The average molecular weight is 363 g/mol. The first-order valence-corrected chi connectivity index (χ1v) is 9.34. The van der Waals surface area contributed by atoms with Gasteiger partial charge in [0.1, 0.15) is 5.75 Å². The van der Waals surface area contributed by atoms with Gasteiger partial charge in [0.2, 0.25) is 6.20 Å². The third-order valence-corrected chi connectivity index (χ3v) is 4.89. The Morgan fingerprint density at radius 1 is 0.750 bits per heavy atom. The van der Waals surface area contributed by atoms with Crippen LogP contribution in [-0.2, 0) is 6.54 Å². The Labute approximate surface area is 163 Å². The summed E-state index contributed by atoms with van der Waals surface area (Å²) in [5.41, 5.74) is 1.24. The highest BCUT2D eigenvalue weighted by atomic mass is 16.5. The molecule has 3 heteroatoms. The van der Waals surface area contributed by atoms with Gasteiger partial charge < -0.3 is 4.74 Å². The van der Waals surface area contributed by atoms with Gasteiger partial charge in [-0.25, -0.2) is 4.98 Å². The van der Waals surface area contributed by atoms with E-state index < -0.39 is 0 Å². The molecule has 0 spiro atoms. The number of ether oxygens (including phenoxy) is 1. The summed E-state index contributed by atoms with van der Waals surface area (Å²) in [5.74, 6) is 1.40. The van der Waals surface area contributed by atoms with Crippen molar-refractivity contribution < 1.29 is 9.30 Å². The van der Waals surface area contributed by atoms with E-state index in [-0.39, 0.29) is 0 Å². The summed E-state index contributed by atoms with van der Waals surface area (Å²) < 4.78 is 8.33. The second-order valence-corrected chi connectivity index (χ2v) is 6.80. The van der Waals surface area contributed by atoms with Crippen molar-refractivity contribution in [2.45, 2.75) is 6.54 Å². The van der Waals surface area contributed by atoms with Crippen LogP contribution in [0.25, 0.3) is 21.5 Å². The lowest BCUT2D eigenvalue weighted by atomic mass is 10.0. The van der Waals surface area contributed by atoms with Crippen LogP contribution in [0.5, 0.6) is 11.6 Å². The minimum atomic E-state index is 0.582. The number of fused-ring (bicyclic) bond motifs is 3.